The fourth-order valence-corrected chi connectivity index (χ4v) is 5.13. The number of aryl methyl sites for hydroxylation is 1. The number of carbonyl (C=O) groups excluding carboxylic acids is 1. The van der Waals surface area contributed by atoms with Gasteiger partial charge in [0.1, 0.15) is 11.9 Å². The van der Waals surface area contributed by atoms with Gasteiger partial charge in [-0.05, 0) is 48.7 Å². The molecular weight excluding hydrogens is 436 g/mol. The van der Waals surface area contributed by atoms with Crippen LogP contribution >= 0.6 is 0 Å². The number of hydrogen-bond donors (Lipinski definition) is 2. The van der Waals surface area contributed by atoms with E-state index in [0.29, 0.717) is 24.7 Å². The molecule has 2 heterocycles. The van der Waals surface area contributed by atoms with E-state index in [4.69, 9.17) is 4.42 Å². The number of para-hydroxylation sites is 2. The van der Waals surface area contributed by atoms with Crippen molar-refractivity contribution in [3.63, 3.8) is 0 Å². The average Bonchev–Trinajstić information content (AvgIpc) is 3.43. The van der Waals surface area contributed by atoms with Crippen LogP contribution in [0, 0.1) is 0 Å². The Balaban J connectivity index is 1.36. The van der Waals surface area contributed by atoms with E-state index in [1.165, 1.54) is 24.3 Å². The first-order valence-electron chi connectivity index (χ1n) is 10.7. The van der Waals surface area contributed by atoms with Gasteiger partial charge < -0.3 is 9.40 Å². The highest BCUT2D eigenvalue weighted by Crippen LogP contribution is 2.34. The van der Waals surface area contributed by atoms with Crippen LogP contribution in [-0.4, -0.2) is 26.2 Å². The number of H-pyrrole nitrogens is 1. The predicted molar refractivity (Wildman–Crippen MR) is 129 cm³/mol. The Labute approximate surface area is 191 Å². The topological polar surface area (TPSA) is 92.2 Å². The summed E-state index contributed by atoms with van der Waals surface area (Å²) in [5.74, 6) is 0.762. The van der Waals surface area contributed by atoms with Gasteiger partial charge in [0.05, 0.1) is 10.6 Å². The van der Waals surface area contributed by atoms with Crippen molar-refractivity contribution < 1.29 is 17.6 Å². The largest absolute Gasteiger partial charge is 0.455 e. The van der Waals surface area contributed by atoms with Crippen molar-refractivity contribution in [1.29, 1.82) is 0 Å². The molecule has 0 bridgehead atoms. The monoisotopic (exact) mass is 458 g/mol. The third-order valence-electron chi connectivity index (χ3n) is 5.71. The molecule has 2 aromatic heterocycles. The minimum Gasteiger partial charge on any atom is -0.455 e. The molecule has 0 amide bonds. The van der Waals surface area contributed by atoms with E-state index in [-0.39, 0.29) is 11.4 Å². The third kappa shape index (κ3) is 4.20. The SMILES string of the molecule is O=Cc1ccc(S(=O)(=O)NCCCc2c(-c3cc4ccccc4o3)[nH]c3ccccc23)cc1. The molecule has 0 radical (unpaired) electrons. The van der Waals surface area contributed by atoms with Crippen LogP contribution in [0.1, 0.15) is 22.3 Å². The van der Waals surface area contributed by atoms with Gasteiger partial charge in [0.25, 0.3) is 0 Å². The summed E-state index contributed by atoms with van der Waals surface area (Å²) in [6.07, 6.45) is 1.97. The van der Waals surface area contributed by atoms with Crippen molar-refractivity contribution in [2.24, 2.45) is 0 Å². The number of hydrogen-bond acceptors (Lipinski definition) is 4. The van der Waals surface area contributed by atoms with Crippen LogP contribution in [0.25, 0.3) is 33.3 Å². The molecule has 5 rings (SSSR count). The summed E-state index contributed by atoms with van der Waals surface area (Å²) in [7, 11) is -3.64. The lowest BCUT2D eigenvalue weighted by Gasteiger charge is -2.08. The fraction of sp³-hybridized carbons (Fsp3) is 0.115. The first-order chi connectivity index (χ1) is 16.0. The Bertz CT molecular complexity index is 1510. The molecule has 3 aromatic carbocycles. The normalized spacial score (nSPS) is 11.9. The molecule has 166 valence electrons. The third-order valence-corrected chi connectivity index (χ3v) is 7.18. The van der Waals surface area contributed by atoms with E-state index >= 15 is 0 Å². The molecule has 0 unspecified atom stereocenters. The van der Waals surface area contributed by atoms with Gasteiger partial charge >= 0.3 is 0 Å². The maximum atomic E-state index is 12.6. The zero-order chi connectivity index (χ0) is 22.8. The number of carbonyl (C=O) groups is 1. The second-order valence-electron chi connectivity index (χ2n) is 7.86. The molecule has 5 aromatic rings. The number of aromatic nitrogens is 1. The standard InChI is InChI=1S/C26H22N2O4S/c29-17-18-11-13-20(14-12-18)33(30,31)27-15-5-8-22-21-7-2-3-9-23(21)28-26(22)25-16-19-6-1-4-10-24(19)32-25/h1-4,6-7,9-14,16-17,27-28H,5,8,15H2. The molecule has 0 aliphatic rings. The summed E-state index contributed by atoms with van der Waals surface area (Å²) in [6.45, 7) is 0.289. The Kier molecular flexibility index (Phi) is 5.58. The van der Waals surface area contributed by atoms with Crippen LogP contribution in [-0.2, 0) is 16.4 Å². The number of furan rings is 1. The lowest BCUT2D eigenvalue weighted by Crippen LogP contribution is -2.25. The highest BCUT2D eigenvalue weighted by atomic mass is 32.2. The lowest BCUT2D eigenvalue weighted by atomic mass is 10.0. The zero-order valence-corrected chi connectivity index (χ0v) is 18.6. The molecule has 6 nitrogen and oxygen atoms in total. The van der Waals surface area contributed by atoms with Crippen LogP contribution < -0.4 is 4.72 Å². The van der Waals surface area contributed by atoms with E-state index < -0.39 is 10.0 Å². The van der Waals surface area contributed by atoms with Crippen LogP contribution in [0.15, 0.2) is 88.2 Å². The van der Waals surface area contributed by atoms with Crippen molar-refractivity contribution in [2.45, 2.75) is 17.7 Å². The zero-order valence-electron chi connectivity index (χ0n) is 17.7. The van der Waals surface area contributed by atoms with Gasteiger partial charge in [-0.25, -0.2) is 13.1 Å². The van der Waals surface area contributed by atoms with Gasteiger partial charge in [-0.3, -0.25) is 4.79 Å². The molecular formula is C26H22N2O4S. The highest BCUT2D eigenvalue weighted by molar-refractivity contribution is 7.89. The number of sulfonamides is 1. The van der Waals surface area contributed by atoms with Crippen molar-refractivity contribution in [2.75, 3.05) is 6.54 Å². The number of aldehydes is 1. The molecule has 0 saturated heterocycles. The number of nitrogens with one attached hydrogen (secondary N) is 2. The second-order valence-corrected chi connectivity index (χ2v) is 9.63. The maximum Gasteiger partial charge on any atom is 0.240 e. The van der Waals surface area contributed by atoms with Crippen LogP contribution in [0.3, 0.4) is 0 Å². The van der Waals surface area contributed by atoms with Gasteiger partial charge in [0, 0.05) is 28.4 Å². The number of rotatable bonds is 8. The Morgan fingerprint density at radius 3 is 2.48 bits per heavy atom. The van der Waals surface area contributed by atoms with Gasteiger partial charge in [0.2, 0.25) is 10.0 Å². The number of benzene rings is 3. The Hall–Kier alpha value is -3.68. The summed E-state index contributed by atoms with van der Waals surface area (Å²) in [4.78, 5) is 14.4. The summed E-state index contributed by atoms with van der Waals surface area (Å²) in [5, 5.41) is 2.13. The molecule has 0 fully saturated rings. The minimum absolute atomic E-state index is 0.142. The summed E-state index contributed by atoms with van der Waals surface area (Å²) in [6, 6.07) is 23.8. The molecule has 0 atom stereocenters. The Morgan fingerprint density at radius 1 is 0.939 bits per heavy atom. The van der Waals surface area contributed by atoms with E-state index in [2.05, 4.69) is 15.8 Å². The second kappa shape index (κ2) is 8.69. The maximum absolute atomic E-state index is 12.6. The smallest absolute Gasteiger partial charge is 0.240 e. The van der Waals surface area contributed by atoms with Crippen LogP contribution in [0.2, 0.25) is 0 Å². The predicted octanol–water partition coefficient (Wildman–Crippen LogP) is 5.30. The van der Waals surface area contributed by atoms with E-state index in [1.807, 2.05) is 48.5 Å². The van der Waals surface area contributed by atoms with Crippen molar-refractivity contribution in [1.82, 2.24) is 9.71 Å². The van der Waals surface area contributed by atoms with Gasteiger partial charge in [-0.2, -0.15) is 0 Å². The first-order valence-corrected chi connectivity index (χ1v) is 12.2. The van der Waals surface area contributed by atoms with Crippen molar-refractivity contribution in [3.05, 3.63) is 90.0 Å². The average molecular weight is 459 g/mol. The quantitative estimate of drug-likeness (QED) is 0.244. The molecule has 0 aliphatic carbocycles. The molecule has 33 heavy (non-hydrogen) atoms. The van der Waals surface area contributed by atoms with Gasteiger partial charge in [-0.1, -0.05) is 48.5 Å². The van der Waals surface area contributed by atoms with E-state index in [0.717, 1.165) is 38.9 Å². The van der Waals surface area contributed by atoms with Crippen molar-refractivity contribution >= 4 is 38.2 Å². The lowest BCUT2D eigenvalue weighted by molar-refractivity contribution is 0.112. The number of aromatic amines is 1. The van der Waals surface area contributed by atoms with Crippen molar-refractivity contribution in [3.8, 4) is 11.5 Å². The highest BCUT2D eigenvalue weighted by Gasteiger charge is 2.17. The summed E-state index contributed by atoms with van der Waals surface area (Å²) < 4.78 is 33.9. The van der Waals surface area contributed by atoms with Crippen LogP contribution in [0.4, 0.5) is 0 Å². The molecule has 0 saturated carbocycles. The van der Waals surface area contributed by atoms with Crippen LogP contribution in [0.5, 0.6) is 0 Å². The summed E-state index contributed by atoms with van der Waals surface area (Å²) in [5.41, 5.74) is 4.29. The molecule has 0 spiro atoms. The fourth-order valence-electron chi connectivity index (χ4n) is 4.06. The van der Waals surface area contributed by atoms with E-state index in [9.17, 15) is 13.2 Å². The number of fused-ring (bicyclic) bond motifs is 2. The van der Waals surface area contributed by atoms with Gasteiger partial charge in [-0.15, -0.1) is 0 Å². The Morgan fingerprint density at radius 2 is 1.70 bits per heavy atom. The van der Waals surface area contributed by atoms with Gasteiger partial charge in [0.15, 0.2) is 5.76 Å². The molecule has 0 aliphatic heterocycles. The minimum atomic E-state index is -3.64. The molecule has 7 heteroatoms. The summed E-state index contributed by atoms with van der Waals surface area (Å²) >= 11 is 0. The van der Waals surface area contributed by atoms with E-state index in [1.54, 1.807) is 0 Å². The first kappa shape index (κ1) is 21.2. The molecule has 2 N–H and O–H groups in total.